The summed E-state index contributed by atoms with van der Waals surface area (Å²) in [4.78, 5) is 6.86. The van der Waals surface area contributed by atoms with Crippen LogP contribution in [0.15, 0.2) is 4.99 Å². The fourth-order valence-corrected chi connectivity index (χ4v) is 2.21. The minimum absolute atomic E-state index is 0.685. The van der Waals surface area contributed by atoms with E-state index in [2.05, 4.69) is 43.0 Å². The van der Waals surface area contributed by atoms with Crippen LogP contribution >= 0.6 is 0 Å². The number of aliphatic imine (C=N–C) groups is 1. The summed E-state index contributed by atoms with van der Waals surface area (Å²) >= 11 is 0. The SMILES string of the molecule is CCCCN(C)C(=NCC)NC1CC1CCC. The zero-order chi connectivity index (χ0) is 12.7. The van der Waals surface area contributed by atoms with Crippen molar-refractivity contribution < 1.29 is 0 Å². The second-order valence-corrected chi connectivity index (χ2v) is 5.11. The van der Waals surface area contributed by atoms with Gasteiger partial charge in [-0.2, -0.15) is 0 Å². The van der Waals surface area contributed by atoms with Crippen molar-refractivity contribution in [2.45, 2.75) is 58.9 Å². The molecule has 0 aromatic rings. The number of hydrogen-bond acceptors (Lipinski definition) is 1. The molecule has 1 N–H and O–H groups in total. The molecule has 0 amide bonds. The molecule has 1 aliphatic carbocycles. The molecular weight excluding hydrogens is 210 g/mol. The molecule has 100 valence electrons. The Balaban J connectivity index is 2.36. The van der Waals surface area contributed by atoms with Gasteiger partial charge in [-0.15, -0.1) is 0 Å². The van der Waals surface area contributed by atoms with Crippen LogP contribution in [0.5, 0.6) is 0 Å². The summed E-state index contributed by atoms with van der Waals surface area (Å²) in [5.74, 6) is 1.99. The van der Waals surface area contributed by atoms with E-state index in [1.165, 1.54) is 32.1 Å². The number of nitrogens with one attached hydrogen (secondary N) is 1. The lowest BCUT2D eigenvalue weighted by atomic mass is 10.2. The normalized spacial score (nSPS) is 23.6. The van der Waals surface area contributed by atoms with Crippen molar-refractivity contribution in [2.75, 3.05) is 20.1 Å². The molecule has 1 saturated carbocycles. The molecule has 2 atom stereocenters. The van der Waals surface area contributed by atoms with Gasteiger partial charge < -0.3 is 10.2 Å². The van der Waals surface area contributed by atoms with Gasteiger partial charge in [-0.05, 0) is 32.1 Å². The molecule has 0 aromatic carbocycles. The van der Waals surface area contributed by atoms with Crippen LogP contribution in [-0.4, -0.2) is 37.0 Å². The number of unbranched alkanes of at least 4 members (excludes halogenated alkanes) is 1. The summed E-state index contributed by atoms with van der Waals surface area (Å²) in [7, 11) is 2.15. The molecule has 0 radical (unpaired) electrons. The second-order valence-electron chi connectivity index (χ2n) is 5.11. The zero-order valence-electron chi connectivity index (χ0n) is 12.0. The van der Waals surface area contributed by atoms with Crippen LogP contribution in [-0.2, 0) is 0 Å². The van der Waals surface area contributed by atoms with Crippen molar-refractivity contribution in [1.29, 1.82) is 0 Å². The highest BCUT2D eigenvalue weighted by Crippen LogP contribution is 2.34. The average molecular weight is 239 g/mol. The zero-order valence-corrected chi connectivity index (χ0v) is 12.0. The van der Waals surface area contributed by atoms with Gasteiger partial charge in [-0.1, -0.05) is 26.7 Å². The molecule has 2 unspecified atom stereocenters. The number of guanidine groups is 1. The third-order valence-electron chi connectivity index (χ3n) is 3.41. The fraction of sp³-hybridized carbons (Fsp3) is 0.929. The Morgan fingerprint density at radius 2 is 2.06 bits per heavy atom. The van der Waals surface area contributed by atoms with Crippen molar-refractivity contribution in [3.8, 4) is 0 Å². The molecule has 0 spiro atoms. The maximum absolute atomic E-state index is 4.58. The van der Waals surface area contributed by atoms with Crippen molar-refractivity contribution in [1.82, 2.24) is 10.2 Å². The first-order chi connectivity index (χ1) is 8.22. The van der Waals surface area contributed by atoms with Gasteiger partial charge in [0.1, 0.15) is 0 Å². The lowest BCUT2D eigenvalue weighted by Crippen LogP contribution is -2.41. The smallest absolute Gasteiger partial charge is 0.193 e. The lowest BCUT2D eigenvalue weighted by Gasteiger charge is -2.22. The van der Waals surface area contributed by atoms with Crippen LogP contribution in [0.25, 0.3) is 0 Å². The summed E-state index contributed by atoms with van der Waals surface area (Å²) in [6.45, 7) is 8.57. The van der Waals surface area contributed by atoms with E-state index in [4.69, 9.17) is 0 Å². The Bertz CT molecular complexity index is 238. The maximum atomic E-state index is 4.58. The predicted octanol–water partition coefficient (Wildman–Crippen LogP) is 2.87. The van der Waals surface area contributed by atoms with Crippen molar-refractivity contribution in [3.63, 3.8) is 0 Å². The van der Waals surface area contributed by atoms with E-state index < -0.39 is 0 Å². The third-order valence-corrected chi connectivity index (χ3v) is 3.41. The molecule has 0 saturated heterocycles. The lowest BCUT2D eigenvalue weighted by molar-refractivity contribution is 0.460. The number of nitrogens with zero attached hydrogens (tertiary/aromatic N) is 2. The molecule has 0 heterocycles. The largest absolute Gasteiger partial charge is 0.353 e. The minimum atomic E-state index is 0.685. The molecule has 1 fully saturated rings. The Kier molecular flexibility index (Phi) is 6.38. The minimum Gasteiger partial charge on any atom is -0.353 e. The predicted molar refractivity (Wildman–Crippen MR) is 75.5 cm³/mol. The van der Waals surface area contributed by atoms with E-state index >= 15 is 0 Å². The Morgan fingerprint density at radius 1 is 1.29 bits per heavy atom. The maximum Gasteiger partial charge on any atom is 0.193 e. The molecule has 0 aromatic heterocycles. The van der Waals surface area contributed by atoms with E-state index in [1.54, 1.807) is 0 Å². The Labute approximate surface area is 107 Å². The Morgan fingerprint density at radius 3 is 2.65 bits per heavy atom. The van der Waals surface area contributed by atoms with E-state index in [-0.39, 0.29) is 0 Å². The summed E-state index contributed by atoms with van der Waals surface area (Å²) in [6, 6.07) is 0.685. The quantitative estimate of drug-likeness (QED) is 0.546. The highest BCUT2D eigenvalue weighted by atomic mass is 15.3. The molecule has 0 aliphatic heterocycles. The second kappa shape index (κ2) is 7.57. The van der Waals surface area contributed by atoms with Crippen LogP contribution in [0.4, 0.5) is 0 Å². The number of rotatable bonds is 7. The highest BCUT2D eigenvalue weighted by molar-refractivity contribution is 5.80. The van der Waals surface area contributed by atoms with Gasteiger partial charge >= 0.3 is 0 Å². The van der Waals surface area contributed by atoms with Crippen molar-refractivity contribution in [2.24, 2.45) is 10.9 Å². The molecule has 3 heteroatoms. The van der Waals surface area contributed by atoms with Crippen molar-refractivity contribution >= 4 is 5.96 Å². The van der Waals surface area contributed by atoms with Crippen molar-refractivity contribution in [3.05, 3.63) is 0 Å². The summed E-state index contributed by atoms with van der Waals surface area (Å²) < 4.78 is 0. The topological polar surface area (TPSA) is 27.6 Å². The Hall–Kier alpha value is -0.730. The first-order valence-corrected chi connectivity index (χ1v) is 7.24. The van der Waals surface area contributed by atoms with Crippen LogP contribution in [0.2, 0.25) is 0 Å². The van der Waals surface area contributed by atoms with Crippen LogP contribution in [0, 0.1) is 5.92 Å². The number of hydrogen-bond donors (Lipinski definition) is 1. The van der Waals surface area contributed by atoms with E-state index in [0.717, 1.165) is 25.0 Å². The summed E-state index contributed by atoms with van der Waals surface area (Å²) in [5.41, 5.74) is 0. The summed E-state index contributed by atoms with van der Waals surface area (Å²) in [5, 5.41) is 3.61. The van der Waals surface area contributed by atoms with E-state index in [0.29, 0.717) is 6.04 Å². The molecular formula is C14H29N3. The standard InChI is InChI=1S/C14H29N3/c1-5-8-10-17(4)14(15-7-3)16-13-11-12(13)9-6-2/h12-13H,5-11H2,1-4H3,(H,15,16). The van der Waals surface area contributed by atoms with Gasteiger partial charge in [0.15, 0.2) is 5.96 Å². The average Bonchev–Trinajstić information content (AvgIpc) is 3.04. The van der Waals surface area contributed by atoms with Gasteiger partial charge in [0.05, 0.1) is 0 Å². The van der Waals surface area contributed by atoms with Crippen LogP contribution in [0.1, 0.15) is 52.9 Å². The fourth-order valence-electron chi connectivity index (χ4n) is 2.21. The summed E-state index contributed by atoms with van der Waals surface area (Å²) in [6.07, 6.45) is 6.47. The van der Waals surface area contributed by atoms with E-state index in [1.807, 2.05) is 0 Å². The van der Waals surface area contributed by atoms with Gasteiger partial charge in [-0.3, -0.25) is 4.99 Å². The molecule has 17 heavy (non-hydrogen) atoms. The van der Waals surface area contributed by atoms with Gasteiger partial charge in [-0.25, -0.2) is 0 Å². The third kappa shape index (κ3) is 4.97. The monoisotopic (exact) mass is 239 g/mol. The van der Waals surface area contributed by atoms with Gasteiger partial charge in [0.25, 0.3) is 0 Å². The van der Waals surface area contributed by atoms with E-state index in [9.17, 15) is 0 Å². The van der Waals surface area contributed by atoms with Gasteiger partial charge in [0, 0.05) is 26.2 Å². The molecule has 1 aliphatic rings. The highest BCUT2D eigenvalue weighted by Gasteiger charge is 2.36. The molecule has 0 bridgehead atoms. The van der Waals surface area contributed by atoms with Crippen LogP contribution < -0.4 is 5.32 Å². The molecule has 3 nitrogen and oxygen atoms in total. The molecule has 1 rings (SSSR count). The van der Waals surface area contributed by atoms with Gasteiger partial charge in [0.2, 0.25) is 0 Å². The first kappa shape index (κ1) is 14.3. The first-order valence-electron chi connectivity index (χ1n) is 7.24. The van der Waals surface area contributed by atoms with Crippen LogP contribution in [0.3, 0.4) is 0 Å².